The first-order chi connectivity index (χ1) is 6.96. The Hall–Kier alpha value is -0.620. The van der Waals surface area contributed by atoms with Crippen molar-refractivity contribution in [1.82, 2.24) is 9.62 Å². The van der Waals surface area contributed by atoms with Gasteiger partial charge in [-0.25, -0.2) is 8.42 Å². The minimum Gasteiger partial charge on any atom is -0.355 e. The average molecular weight is 234 g/mol. The van der Waals surface area contributed by atoms with Crippen LogP contribution in [0.4, 0.5) is 0 Å². The van der Waals surface area contributed by atoms with Gasteiger partial charge in [0, 0.05) is 13.1 Å². The minimum atomic E-state index is -3.25. The van der Waals surface area contributed by atoms with Gasteiger partial charge < -0.3 is 5.32 Å². The zero-order valence-corrected chi connectivity index (χ0v) is 10.0. The zero-order valence-electron chi connectivity index (χ0n) is 9.19. The van der Waals surface area contributed by atoms with Crippen LogP contribution in [0.3, 0.4) is 0 Å². The van der Waals surface area contributed by atoms with Gasteiger partial charge in [-0.05, 0) is 19.3 Å². The standard InChI is InChI=1S/C9H18N2O3S/c1-3-6-10-9(12)8-5-4-7-11(8)15(2,13)14/h8H,3-7H2,1-2H3,(H,10,12). The molecule has 1 aliphatic heterocycles. The summed E-state index contributed by atoms with van der Waals surface area (Å²) in [6.45, 7) is 3.03. The molecular formula is C9H18N2O3S. The van der Waals surface area contributed by atoms with E-state index < -0.39 is 16.1 Å². The number of hydrogen-bond donors (Lipinski definition) is 1. The lowest BCUT2D eigenvalue weighted by Crippen LogP contribution is -2.45. The second kappa shape index (κ2) is 4.94. The van der Waals surface area contributed by atoms with Crippen molar-refractivity contribution in [3.8, 4) is 0 Å². The van der Waals surface area contributed by atoms with E-state index in [0.717, 1.165) is 19.1 Å². The number of nitrogens with zero attached hydrogens (tertiary/aromatic N) is 1. The molecule has 0 aromatic carbocycles. The number of carbonyl (C=O) groups is 1. The molecule has 1 heterocycles. The molecule has 0 saturated carbocycles. The lowest BCUT2D eigenvalue weighted by Gasteiger charge is -2.21. The largest absolute Gasteiger partial charge is 0.355 e. The Labute approximate surface area is 90.9 Å². The minimum absolute atomic E-state index is 0.167. The van der Waals surface area contributed by atoms with Crippen molar-refractivity contribution in [2.75, 3.05) is 19.3 Å². The summed E-state index contributed by atoms with van der Waals surface area (Å²) in [5, 5.41) is 2.73. The molecule has 15 heavy (non-hydrogen) atoms. The normalized spacial score (nSPS) is 22.9. The third-order valence-electron chi connectivity index (χ3n) is 2.48. The number of amides is 1. The van der Waals surface area contributed by atoms with Gasteiger partial charge in [0.25, 0.3) is 0 Å². The number of carbonyl (C=O) groups excluding carboxylic acids is 1. The topological polar surface area (TPSA) is 66.5 Å². The van der Waals surface area contributed by atoms with Crippen LogP contribution in [0.1, 0.15) is 26.2 Å². The molecule has 0 aromatic heterocycles. The fraction of sp³-hybridized carbons (Fsp3) is 0.889. The number of hydrogen-bond acceptors (Lipinski definition) is 3. The first-order valence-corrected chi connectivity index (χ1v) is 7.06. The molecule has 5 nitrogen and oxygen atoms in total. The fourth-order valence-electron chi connectivity index (χ4n) is 1.77. The maximum atomic E-state index is 11.6. The number of rotatable bonds is 4. The van der Waals surface area contributed by atoms with Crippen LogP contribution in [0.2, 0.25) is 0 Å². The van der Waals surface area contributed by atoms with Crippen molar-refractivity contribution in [2.24, 2.45) is 0 Å². The second-order valence-electron chi connectivity index (χ2n) is 3.82. The summed E-state index contributed by atoms with van der Waals surface area (Å²) < 4.78 is 24.0. The van der Waals surface area contributed by atoms with E-state index in [4.69, 9.17) is 0 Å². The maximum absolute atomic E-state index is 11.6. The average Bonchev–Trinajstić information content (AvgIpc) is 2.61. The molecule has 0 aromatic rings. The maximum Gasteiger partial charge on any atom is 0.238 e. The molecule has 1 N–H and O–H groups in total. The number of nitrogens with one attached hydrogen (secondary N) is 1. The predicted molar refractivity (Wildman–Crippen MR) is 57.9 cm³/mol. The van der Waals surface area contributed by atoms with E-state index in [0.29, 0.717) is 19.5 Å². The molecule has 0 aliphatic carbocycles. The molecule has 88 valence electrons. The summed E-state index contributed by atoms with van der Waals surface area (Å²) in [6, 6.07) is -0.494. The van der Waals surface area contributed by atoms with Crippen LogP contribution in [0, 0.1) is 0 Å². The van der Waals surface area contributed by atoms with Crippen LogP contribution in [0.5, 0.6) is 0 Å². The molecule has 1 unspecified atom stereocenters. The molecule has 1 fully saturated rings. The van der Waals surface area contributed by atoms with E-state index in [2.05, 4.69) is 5.32 Å². The van der Waals surface area contributed by atoms with Gasteiger partial charge in [0.2, 0.25) is 15.9 Å². The van der Waals surface area contributed by atoms with E-state index in [1.165, 1.54) is 4.31 Å². The third-order valence-corrected chi connectivity index (χ3v) is 3.77. The monoisotopic (exact) mass is 234 g/mol. The highest BCUT2D eigenvalue weighted by Crippen LogP contribution is 2.20. The van der Waals surface area contributed by atoms with E-state index in [1.54, 1.807) is 0 Å². The second-order valence-corrected chi connectivity index (χ2v) is 5.76. The van der Waals surface area contributed by atoms with Crippen molar-refractivity contribution in [3.05, 3.63) is 0 Å². The quantitative estimate of drug-likeness (QED) is 0.741. The van der Waals surface area contributed by atoms with Gasteiger partial charge in [-0.15, -0.1) is 0 Å². The van der Waals surface area contributed by atoms with Crippen molar-refractivity contribution >= 4 is 15.9 Å². The Morgan fingerprint density at radius 2 is 2.20 bits per heavy atom. The molecule has 6 heteroatoms. The molecule has 1 saturated heterocycles. The summed E-state index contributed by atoms with van der Waals surface area (Å²) in [6.07, 6.45) is 3.40. The van der Waals surface area contributed by atoms with Crippen LogP contribution in [0.25, 0.3) is 0 Å². The van der Waals surface area contributed by atoms with Crippen LogP contribution < -0.4 is 5.32 Å². The fourth-order valence-corrected chi connectivity index (χ4v) is 2.89. The van der Waals surface area contributed by atoms with E-state index >= 15 is 0 Å². The smallest absolute Gasteiger partial charge is 0.238 e. The van der Waals surface area contributed by atoms with Crippen LogP contribution in [-0.4, -0.2) is 44.0 Å². The lowest BCUT2D eigenvalue weighted by molar-refractivity contribution is -0.124. The highest BCUT2D eigenvalue weighted by atomic mass is 32.2. The van der Waals surface area contributed by atoms with Gasteiger partial charge in [0.05, 0.1) is 6.26 Å². The number of sulfonamides is 1. The van der Waals surface area contributed by atoms with Crippen molar-refractivity contribution < 1.29 is 13.2 Å². The third kappa shape index (κ3) is 3.17. The highest BCUT2D eigenvalue weighted by Gasteiger charge is 2.35. The molecule has 1 rings (SSSR count). The van der Waals surface area contributed by atoms with Crippen molar-refractivity contribution in [3.63, 3.8) is 0 Å². The zero-order chi connectivity index (χ0) is 11.5. The summed E-state index contributed by atoms with van der Waals surface area (Å²) in [5.74, 6) is -0.167. The van der Waals surface area contributed by atoms with Crippen LogP contribution >= 0.6 is 0 Å². The molecular weight excluding hydrogens is 216 g/mol. The Morgan fingerprint density at radius 3 is 2.73 bits per heavy atom. The van der Waals surface area contributed by atoms with Crippen molar-refractivity contribution in [1.29, 1.82) is 0 Å². The first kappa shape index (κ1) is 12.4. The summed E-state index contributed by atoms with van der Waals surface area (Å²) >= 11 is 0. The van der Waals surface area contributed by atoms with Crippen LogP contribution in [-0.2, 0) is 14.8 Å². The Kier molecular flexibility index (Phi) is 4.10. The van der Waals surface area contributed by atoms with Gasteiger partial charge in [0.15, 0.2) is 0 Å². The molecule has 0 bridgehead atoms. The van der Waals surface area contributed by atoms with Gasteiger partial charge in [-0.3, -0.25) is 4.79 Å². The first-order valence-electron chi connectivity index (χ1n) is 5.21. The van der Waals surface area contributed by atoms with Gasteiger partial charge in [0.1, 0.15) is 6.04 Å². The Morgan fingerprint density at radius 1 is 1.53 bits per heavy atom. The summed E-state index contributed by atoms with van der Waals surface area (Å²) in [7, 11) is -3.25. The van der Waals surface area contributed by atoms with Gasteiger partial charge in [-0.2, -0.15) is 4.31 Å². The molecule has 1 amide bonds. The molecule has 1 atom stereocenters. The lowest BCUT2D eigenvalue weighted by atomic mass is 10.2. The molecule has 0 spiro atoms. The summed E-state index contributed by atoms with van der Waals surface area (Å²) in [5.41, 5.74) is 0. The molecule has 0 radical (unpaired) electrons. The molecule has 1 aliphatic rings. The van der Waals surface area contributed by atoms with E-state index in [1.807, 2.05) is 6.92 Å². The van der Waals surface area contributed by atoms with E-state index in [9.17, 15) is 13.2 Å². The van der Waals surface area contributed by atoms with Gasteiger partial charge >= 0.3 is 0 Å². The Balaban J connectivity index is 2.65. The SMILES string of the molecule is CCCNC(=O)C1CCCN1S(C)(=O)=O. The van der Waals surface area contributed by atoms with Gasteiger partial charge in [-0.1, -0.05) is 6.92 Å². The van der Waals surface area contributed by atoms with E-state index in [-0.39, 0.29) is 5.91 Å². The van der Waals surface area contributed by atoms with Crippen LogP contribution in [0.15, 0.2) is 0 Å². The Bertz CT molecular complexity index is 326. The summed E-state index contributed by atoms with van der Waals surface area (Å²) in [4.78, 5) is 11.6. The van der Waals surface area contributed by atoms with Crippen molar-refractivity contribution in [2.45, 2.75) is 32.2 Å². The highest BCUT2D eigenvalue weighted by molar-refractivity contribution is 7.88. The predicted octanol–water partition coefficient (Wildman–Crippen LogP) is -0.0634.